The molecule has 0 fully saturated rings. The lowest BCUT2D eigenvalue weighted by Crippen LogP contribution is -2.17. The van der Waals surface area contributed by atoms with E-state index in [9.17, 15) is 4.79 Å². The fraction of sp³-hybridized carbons (Fsp3) is 0.438. The Morgan fingerprint density at radius 3 is 2.81 bits per heavy atom. The van der Waals surface area contributed by atoms with E-state index in [0.717, 1.165) is 16.6 Å². The van der Waals surface area contributed by atoms with E-state index in [-0.39, 0.29) is 11.2 Å². The zero-order valence-corrected chi connectivity index (χ0v) is 12.9. The highest BCUT2D eigenvalue weighted by molar-refractivity contribution is 5.88. The number of aromatic amines is 1. The summed E-state index contributed by atoms with van der Waals surface area (Å²) in [7, 11) is 0. The molecule has 5 heteroatoms. The van der Waals surface area contributed by atoms with Gasteiger partial charge in [0.2, 0.25) is 5.88 Å². The molecule has 2 aromatic rings. The van der Waals surface area contributed by atoms with Gasteiger partial charge in [0.15, 0.2) is 5.78 Å². The summed E-state index contributed by atoms with van der Waals surface area (Å²) in [6, 6.07) is 0. The molecule has 2 rings (SSSR count). The fourth-order valence-corrected chi connectivity index (χ4v) is 1.90. The highest BCUT2D eigenvalue weighted by atomic mass is 16.5. The maximum atomic E-state index is 11.0. The predicted molar refractivity (Wildman–Crippen MR) is 82.4 cm³/mol. The Morgan fingerprint density at radius 2 is 2.14 bits per heavy atom. The third kappa shape index (κ3) is 4.15. The number of allylic oxidation sites excluding steroid dienone is 2. The van der Waals surface area contributed by atoms with Crippen LogP contribution in [0.15, 0.2) is 24.7 Å². The molecule has 0 spiro atoms. The topological polar surface area (TPSA) is 67.9 Å². The van der Waals surface area contributed by atoms with Crippen molar-refractivity contribution in [2.75, 3.05) is 6.61 Å². The van der Waals surface area contributed by atoms with Crippen LogP contribution in [0.1, 0.15) is 33.3 Å². The molecule has 5 nitrogen and oxygen atoms in total. The van der Waals surface area contributed by atoms with E-state index in [2.05, 4.69) is 35.7 Å². The Hall–Kier alpha value is -2.17. The van der Waals surface area contributed by atoms with Gasteiger partial charge in [-0.15, -0.1) is 0 Å². The maximum Gasteiger partial charge on any atom is 0.226 e. The molecule has 0 radical (unpaired) electrons. The van der Waals surface area contributed by atoms with Gasteiger partial charge in [0, 0.05) is 6.20 Å². The van der Waals surface area contributed by atoms with Gasteiger partial charge in [0.05, 0.1) is 12.0 Å². The number of ketones is 1. The Kier molecular flexibility index (Phi) is 4.40. The Labute approximate surface area is 124 Å². The summed E-state index contributed by atoms with van der Waals surface area (Å²) in [5, 5.41) is 0.884. The molecule has 0 saturated heterocycles. The van der Waals surface area contributed by atoms with Gasteiger partial charge in [-0.25, -0.2) is 9.97 Å². The maximum absolute atomic E-state index is 11.0. The predicted octanol–water partition coefficient (Wildman–Crippen LogP) is 3.07. The number of carbonyl (C=O) groups excluding carboxylic acids is 1. The minimum atomic E-state index is 0.0373. The first-order valence-corrected chi connectivity index (χ1v) is 6.98. The van der Waals surface area contributed by atoms with Gasteiger partial charge in [-0.05, 0) is 30.4 Å². The molecule has 1 N–H and O–H groups in total. The summed E-state index contributed by atoms with van der Waals surface area (Å²) < 4.78 is 5.85. The van der Waals surface area contributed by atoms with Gasteiger partial charge in [-0.2, -0.15) is 0 Å². The van der Waals surface area contributed by atoms with Crippen molar-refractivity contribution in [2.45, 2.75) is 34.1 Å². The normalized spacial score (nSPS) is 12.2. The van der Waals surface area contributed by atoms with Crippen LogP contribution in [-0.2, 0) is 11.2 Å². The largest absolute Gasteiger partial charge is 0.477 e. The summed E-state index contributed by atoms with van der Waals surface area (Å²) in [4.78, 5) is 22.5. The first-order chi connectivity index (χ1) is 9.87. The van der Waals surface area contributed by atoms with E-state index < -0.39 is 0 Å². The van der Waals surface area contributed by atoms with Crippen molar-refractivity contribution in [3.05, 3.63) is 30.2 Å². The van der Waals surface area contributed by atoms with Crippen LogP contribution in [-0.4, -0.2) is 27.3 Å². The lowest BCUT2D eigenvalue weighted by Gasteiger charge is -2.18. The molecule has 0 aromatic carbocycles. The number of hydrogen-bond donors (Lipinski definition) is 1. The number of hydrogen-bond acceptors (Lipinski definition) is 4. The van der Waals surface area contributed by atoms with Crippen molar-refractivity contribution in [1.82, 2.24) is 15.0 Å². The molecular weight excluding hydrogens is 266 g/mol. The smallest absolute Gasteiger partial charge is 0.226 e. The minimum absolute atomic E-state index is 0.0373. The number of ether oxygens (including phenoxy) is 1. The van der Waals surface area contributed by atoms with Crippen LogP contribution in [0.25, 0.3) is 11.0 Å². The van der Waals surface area contributed by atoms with Gasteiger partial charge in [0.25, 0.3) is 0 Å². The van der Waals surface area contributed by atoms with Crippen molar-refractivity contribution >= 4 is 16.8 Å². The van der Waals surface area contributed by atoms with Crippen LogP contribution < -0.4 is 4.74 Å². The average molecular weight is 287 g/mol. The number of aromatic nitrogens is 3. The number of nitrogens with zero attached hydrogens (tertiary/aromatic N) is 2. The van der Waals surface area contributed by atoms with Crippen molar-refractivity contribution in [3.63, 3.8) is 0 Å². The first-order valence-electron chi connectivity index (χ1n) is 6.98. The van der Waals surface area contributed by atoms with Crippen LogP contribution >= 0.6 is 0 Å². The molecule has 0 aliphatic rings. The molecule has 0 aliphatic carbocycles. The standard InChI is InChI=1S/C16H21N3O2/c1-11(20)6-5-7-12-8-17-14-13(12)15(19-10-18-14)21-9-16(2,3)4/h5-6,8,10H,7,9H2,1-4H3,(H,17,18,19). The summed E-state index contributed by atoms with van der Waals surface area (Å²) in [6.45, 7) is 8.44. The molecule has 21 heavy (non-hydrogen) atoms. The van der Waals surface area contributed by atoms with Crippen LogP contribution in [0.3, 0.4) is 0 Å². The highest BCUT2D eigenvalue weighted by Crippen LogP contribution is 2.27. The SMILES string of the molecule is CC(=O)C=CCc1c[nH]c2ncnc(OCC(C)(C)C)c12. The average Bonchev–Trinajstić information content (AvgIpc) is 2.79. The number of carbonyl (C=O) groups is 1. The molecule has 0 bridgehead atoms. The van der Waals surface area contributed by atoms with Gasteiger partial charge in [0.1, 0.15) is 12.0 Å². The molecule has 112 valence electrons. The second kappa shape index (κ2) is 6.08. The van der Waals surface area contributed by atoms with Crippen molar-refractivity contribution in [3.8, 4) is 5.88 Å². The van der Waals surface area contributed by atoms with E-state index in [1.165, 1.54) is 13.3 Å². The van der Waals surface area contributed by atoms with E-state index in [0.29, 0.717) is 18.9 Å². The van der Waals surface area contributed by atoms with Gasteiger partial charge in [-0.3, -0.25) is 4.79 Å². The second-order valence-electron chi connectivity index (χ2n) is 6.28. The molecule has 0 unspecified atom stereocenters. The number of nitrogens with one attached hydrogen (secondary N) is 1. The quantitative estimate of drug-likeness (QED) is 0.858. The van der Waals surface area contributed by atoms with Crippen LogP contribution in [0, 0.1) is 5.41 Å². The van der Waals surface area contributed by atoms with Gasteiger partial charge in [-0.1, -0.05) is 26.8 Å². The number of H-pyrrole nitrogens is 1. The van der Waals surface area contributed by atoms with E-state index in [1.54, 1.807) is 6.08 Å². The highest BCUT2D eigenvalue weighted by Gasteiger charge is 2.15. The van der Waals surface area contributed by atoms with E-state index in [4.69, 9.17) is 4.74 Å². The molecule has 0 atom stereocenters. The van der Waals surface area contributed by atoms with E-state index in [1.807, 2.05) is 12.3 Å². The van der Waals surface area contributed by atoms with Crippen molar-refractivity contribution in [2.24, 2.45) is 5.41 Å². The zero-order valence-electron chi connectivity index (χ0n) is 12.9. The third-order valence-electron chi connectivity index (χ3n) is 2.85. The number of rotatable bonds is 5. The fourth-order valence-electron chi connectivity index (χ4n) is 1.90. The van der Waals surface area contributed by atoms with Crippen LogP contribution in [0.2, 0.25) is 0 Å². The molecular formula is C16H21N3O2. The molecule has 2 heterocycles. The second-order valence-corrected chi connectivity index (χ2v) is 6.28. The van der Waals surface area contributed by atoms with Crippen LogP contribution in [0.5, 0.6) is 5.88 Å². The zero-order chi connectivity index (χ0) is 15.5. The van der Waals surface area contributed by atoms with Crippen molar-refractivity contribution in [1.29, 1.82) is 0 Å². The summed E-state index contributed by atoms with van der Waals surface area (Å²) >= 11 is 0. The Balaban J connectivity index is 2.28. The monoisotopic (exact) mass is 287 g/mol. The Bertz CT molecular complexity index is 666. The summed E-state index contributed by atoms with van der Waals surface area (Å²) in [5.74, 6) is 0.623. The summed E-state index contributed by atoms with van der Waals surface area (Å²) in [6.07, 6.45) is 7.42. The van der Waals surface area contributed by atoms with Crippen molar-refractivity contribution < 1.29 is 9.53 Å². The third-order valence-corrected chi connectivity index (χ3v) is 2.85. The van der Waals surface area contributed by atoms with Crippen LogP contribution in [0.4, 0.5) is 0 Å². The first kappa shape index (κ1) is 15.2. The summed E-state index contributed by atoms with van der Waals surface area (Å²) in [5.41, 5.74) is 1.83. The van der Waals surface area contributed by atoms with Gasteiger partial charge < -0.3 is 9.72 Å². The lowest BCUT2D eigenvalue weighted by molar-refractivity contribution is -0.112. The van der Waals surface area contributed by atoms with E-state index >= 15 is 0 Å². The molecule has 0 saturated carbocycles. The molecule has 0 aliphatic heterocycles. The molecule has 2 aromatic heterocycles. The molecule has 0 amide bonds. The number of fused-ring (bicyclic) bond motifs is 1. The Morgan fingerprint density at radius 1 is 1.38 bits per heavy atom. The minimum Gasteiger partial charge on any atom is -0.477 e. The van der Waals surface area contributed by atoms with Gasteiger partial charge >= 0.3 is 0 Å². The lowest BCUT2D eigenvalue weighted by atomic mass is 9.99.